The molecule has 0 amide bonds. The van der Waals surface area contributed by atoms with Crippen molar-refractivity contribution in [2.45, 2.75) is 6.92 Å². The summed E-state index contributed by atoms with van der Waals surface area (Å²) in [5, 5.41) is 0. The molecule has 0 aliphatic heterocycles. The molecule has 1 aromatic heterocycles. The standard InChI is InChI=1S/C12H7Br3OS/c1-6-4-7(2-3-8(6)13)11(16)10-5-9(14)12(15)17-10/h2-5H,1H3. The molecule has 1 heterocycles. The van der Waals surface area contributed by atoms with E-state index in [2.05, 4.69) is 47.8 Å². The van der Waals surface area contributed by atoms with Crippen molar-refractivity contribution in [3.63, 3.8) is 0 Å². The van der Waals surface area contributed by atoms with Crippen LogP contribution in [0.15, 0.2) is 37.0 Å². The monoisotopic (exact) mass is 436 g/mol. The van der Waals surface area contributed by atoms with E-state index in [1.807, 2.05) is 31.2 Å². The Hall–Kier alpha value is 0.0300. The Bertz CT molecular complexity index is 570. The van der Waals surface area contributed by atoms with E-state index in [9.17, 15) is 4.79 Å². The first kappa shape index (κ1) is 13.5. The van der Waals surface area contributed by atoms with Gasteiger partial charge >= 0.3 is 0 Å². The van der Waals surface area contributed by atoms with Crippen molar-refractivity contribution >= 4 is 64.9 Å². The molecule has 0 fully saturated rings. The first-order chi connectivity index (χ1) is 7.99. The van der Waals surface area contributed by atoms with Crippen LogP contribution < -0.4 is 0 Å². The van der Waals surface area contributed by atoms with Gasteiger partial charge in [-0.1, -0.05) is 15.9 Å². The highest BCUT2D eigenvalue weighted by atomic mass is 79.9. The topological polar surface area (TPSA) is 17.1 Å². The van der Waals surface area contributed by atoms with E-state index >= 15 is 0 Å². The highest BCUT2D eigenvalue weighted by Gasteiger charge is 2.14. The van der Waals surface area contributed by atoms with Crippen molar-refractivity contribution in [2.24, 2.45) is 0 Å². The van der Waals surface area contributed by atoms with E-state index in [1.54, 1.807) is 0 Å². The summed E-state index contributed by atoms with van der Waals surface area (Å²) in [6, 6.07) is 7.48. The summed E-state index contributed by atoms with van der Waals surface area (Å²) in [7, 11) is 0. The molecule has 5 heteroatoms. The Morgan fingerprint density at radius 3 is 2.35 bits per heavy atom. The van der Waals surface area contributed by atoms with Gasteiger partial charge < -0.3 is 0 Å². The van der Waals surface area contributed by atoms with Gasteiger partial charge in [-0.2, -0.15) is 0 Å². The molecule has 2 aromatic rings. The minimum absolute atomic E-state index is 0.0528. The van der Waals surface area contributed by atoms with E-state index in [4.69, 9.17) is 0 Å². The first-order valence-electron chi connectivity index (χ1n) is 4.74. The number of rotatable bonds is 2. The molecule has 1 aromatic carbocycles. The molecule has 0 aliphatic rings. The summed E-state index contributed by atoms with van der Waals surface area (Å²) in [4.78, 5) is 13.0. The lowest BCUT2D eigenvalue weighted by atomic mass is 10.1. The Labute approximate surface area is 129 Å². The zero-order valence-corrected chi connectivity index (χ0v) is 14.3. The van der Waals surface area contributed by atoms with Gasteiger partial charge in [-0.3, -0.25) is 4.79 Å². The SMILES string of the molecule is Cc1cc(C(=O)c2cc(Br)c(Br)s2)ccc1Br. The zero-order chi connectivity index (χ0) is 12.6. The summed E-state index contributed by atoms with van der Waals surface area (Å²) in [6.45, 7) is 1.97. The summed E-state index contributed by atoms with van der Waals surface area (Å²) in [5.74, 6) is 0.0528. The highest BCUT2D eigenvalue weighted by Crippen LogP contribution is 2.33. The second kappa shape index (κ2) is 5.34. The molecule has 0 saturated carbocycles. The predicted octanol–water partition coefficient (Wildman–Crippen LogP) is 5.58. The lowest BCUT2D eigenvalue weighted by Gasteiger charge is -2.01. The van der Waals surface area contributed by atoms with E-state index in [0.717, 1.165) is 23.2 Å². The first-order valence-corrected chi connectivity index (χ1v) is 7.94. The van der Waals surface area contributed by atoms with Crippen LogP contribution in [0.2, 0.25) is 0 Å². The lowest BCUT2D eigenvalue weighted by Crippen LogP contribution is -1.98. The number of hydrogen-bond acceptors (Lipinski definition) is 2. The van der Waals surface area contributed by atoms with Crippen LogP contribution in [0.5, 0.6) is 0 Å². The third-order valence-electron chi connectivity index (χ3n) is 2.29. The molecule has 0 atom stereocenters. The van der Waals surface area contributed by atoms with Crippen LogP contribution in [-0.4, -0.2) is 5.78 Å². The second-order valence-electron chi connectivity index (χ2n) is 3.53. The van der Waals surface area contributed by atoms with E-state index in [0.29, 0.717) is 5.56 Å². The quantitative estimate of drug-likeness (QED) is 0.560. The zero-order valence-electron chi connectivity index (χ0n) is 8.76. The smallest absolute Gasteiger partial charge is 0.203 e. The Morgan fingerprint density at radius 2 is 1.82 bits per heavy atom. The Balaban J connectivity index is 2.40. The molecule has 1 nitrogen and oxygen atoms in total. The van der Waals surface area contributed by atoms with E-state index < -0.39 is 0 Å². The van der Waals surface area contributed by atoms with Crippen LogP contribution in [0.4, 0.5) is 0 Å². The van der Waals surface area contributed by atoms with Gasteiger partial charge in [0.25, 0.3) is 0 Å². The normalized spacial score (nSPS) is 10.6. The Kier molecular flexibility index (Phi) is 4.23. The number of ketones is 1. The number of carbonyl (C=O) groups excluding carboxylic acids is 1. The van der Waals surface area contributed by atoms with E-state index in [-0.39, 0.29) is 5.78 Å². The van der Waals surface area contributed by atoms with Gasteiger partial charge in [-0.15, -0.1) is 11.3 Å². The summed E-state index contributed by atoms with van der Waals surface area (Å²) < 4.78 is 2.87. The average Bonchev–Trinajstić information content (AvgIpc) is 2.62. The maximum Gasteiger partial charge on any atom is 0.203 e. The number of carbonyl (C=O) groups is 1. The van der Waals surface area contributed by atoms with Crippen molar-refractivity contribution < 1.29 is 4.79 Å². The van der Waals surface area contributed by atoms with Gasteiger partial charge in [-0.05, 0) is 68.6 Å². The molecule has 0 radical (unpaired) electrons. The maximum atomic E-state index is 12.2. The molecule has 0 aliphatic carbocycles. The van der Waals surface area contributed by atoms with Gasteiger partial charge in [0, 0.05) is 14.5 Å². The molecule has 0 unspecified atom stereocenters. The van der Waals surface area contributed by atoms with Gasteiger partial charge in [0.2, 0.25) is 5.78 Å². The second-order valence-corrected chi connectivity index (χ2v) is 7.60. The molecular formula is C12H7Br3OS. The summed E-state index contributed by atoms with van der Waals surface area (Å²) in [5.41, 5.74) is 1.78. The van der Waals surface area contributed by atoms with Gasteiger partial charge in [0.05, 0.1) is 8.66 Å². The molecule has 88 valence electrons. The lowest BCUT2D eigenvalue weighted by molar-refractivity contribution is 0.104. The average molecular weight is 439 g/mol. The third kappa shape index (κ3) is 2.89. The van der Waals surface area contributed by atoms with Crippen molar-refractivity contribution in [1.29, 1.82) is 0 Å². The molecule has 0 bridgehead atoms. The molecule has 0 saturated heterocycles. The largest absolute Gasteiger partial charge is 0.288 e. The van der Waals surface area contributed by atoms with Crippen LogP contribution >= 0.6 is 59.1 Å². The fraction of sp³-hybridized carbons (Fsp3) is 0.0833. The van der Waals surface area contributed by atoms with Crippen LogP contribution in [0.1, 0.15) is 20.8 Å². The molecular weight excluding hydrogens is 432 g/mol. The van der Waals surface area contributed by atoms with Crippen LogP contribution in [0.25, 0.3) is 0 Å². The highest BCUT2D eigenvalue weighted by molar-refractivity contribution is 9.13. The summed E-state index contributed by atoms with van der Waals surface area (Å²) >= 11 is 11.6. The van der Waals surface area contributed by atoms with Gasteiger partial charge in [0.1, 0.15) is 0 Å². The number of hydrogen-bond donors (Lipinski definition) is 0. The van der Waals surface area contributed by atoms with Gasteiger partial charge in [0.15, 0.2) is 0 Å². The van der Waals surface area contributed by atoms with Crippen LogP contribution in [0.3, 0.4) is 0 Å². The molecule has 0 spiro atoms. The predicted molar refractivity (Wildman–Crippen MR) is 82.0 cm³/mol. The maximum absolute atomic E-state index is 12.2. The fourth-order valence-corrected chi connectivity index (χ4v) is 3.63. The number of aryl methyl sites for hydroxylation is 1. The molecule has 17 heavy (non-hydrogen) atoms. The Morgan fingerprint density at radius 1 is 1.12 bits per heavy atom. The number of benzene rings is 1. The van der Waals surface area contributed by atoms with Crippen LogP contribution in [0, 0.1) is 6.92 Å². The number of halogens is 3. The van der Waals surface area contributed by atoms with Crippen molar-refractivity contribution in [3.8, 4) is 0 Å². The minimum Gasteiger partial charge on any atom is -0.288 e. The minimum atomic E-state index is 0.0528. The number of thiophene rings is 1. The van der Waals surface area contributed by atoms with Gasteiger partial charge in [-0.25, -0.2) is 0 Å². The van der Waals surface area contributed by atoms with Crippen molar-refractivity contribution in [3.05, 3.63) is 53.0 Å². The molecule has 2 rings (SSSR count). The van der Waals surface area contributed by atoms with Crippen molar-refractivity contribution in [1.82, 2.24) is 0 Å². The fourth-order valence-electron chi connectivity index (χ4n) is 1.39. The van der Waals surface area contributed by atoms with E-state index in [1.165, 1.54) is 11.3 Å². The van der Waals surface area contributed by atoms with Crippen LogP contribution in [-0.2, 0) is 0 Å². The summed E-state index contributed by atoms with van der Waals surface area (Å²) in [6.07, 6.45) is 0. The third-order valence-corrected chi connectivity index (χ3v) is 6.43. The molecule has 0 N–H and O–H groups in total. The van der Waals surface area contributed by atoms with Crippen molar-refractivity contribution in [2.75, 3.05) is 0 Å².